The molecule has 1 aromatic heterocycles. The molecule has 3 aromatic rings. The lowest BCUT2D eigenvalue weighted by atomic mass is 9.78. The molecule has 2 bridgehead atoms. The van der Waals surface area contributed by atoms with Gasteiger partial charge in [0.1, 0.15) is 5.75 Å². The maximum atomic E-state index is 13.4. The zero-order chi connectivity index (χ0) is 22.6. The lowest BCUT2D eigenvalue weighted by Gasteiger charge is -2.27. The zero-order valence-electron chi connectivity index (χ0n) is 19.1. The van der Waals surface area contributed by atoms with E-state index in [1.165, 1.54) is 5.56 Å². The van der Waals surface area contributed by atoms with Gasteiger partial charge in [0.25, 0.3) is 0 Å². The van der Waals surface area contributed by atoms with Crippen LogP contribution in [0.2, 0.25) is 0 Å². The van der Waals surface area contributed by atoms with Gasteiger partial charge in [-0.2, -0.15) is 4.98 Å². The fraction of sp³-hybridized carbons (Fsp3) is 0.444. The Morgan fingerprint density at radius 2 is 1.91 bits per heavy atom. The summed E-state index contributed by atoms with van der Waals surface area (Å²) in [7, 11) is 1.67. The van der Waals surface area contributed by atoms with Crippen molar-refractivity contribution in [1.82, 2.24) is 10.1 Å². The van der Waals surface area contributed by atoms with Crippen LogP contribution in [0.15, 0.2) is 53.1 Å². The molecule has 3 aliphatic carbocycles. The SMILES string of the molecule is COc1ccc(C2(c3noc([C@H]4[C@@H]5CC[C@@H](C5)[C@@H]4C(=O)Nc4cccc(C)c4)n3)CC2)cc1. The van der Waals surface area contributed by atoms with Crippen LogP contribution in [0.4, 0.5) is 5.69 Å². The van der Waals surface area contributed by atoms with E-state index in [1.54, 1.807) is 7.11 Å². The van der Waals surface area contributed by atoms with Gasteiger partial charge in [0.05, 0.1) is 24.4 Å². The molecule has 6 heteroatoms. The summed E-state index contributed by atoms with van der Waals surface area (Å²) in [5.74, 6) is 3.02. The Balaban J connectivity index is 1.27. The standard InChI is InChI=1S/C27H29N3O3/c1-16-4-3-5-20(14-16)28-24(31)22-17-6-7-18(15-17)23(22)25-29-26(30-33-25)27(12-13-27)19-8-10-21(32-2)11-9-19/h3-5,8-11,14,17-18,22-23H,6-7,12-13,15H2,1-2H3,(H,28,31)/t17-,18+,22-,23-/m0/s1. The molecule has 3 fully saturated rings. The Hall–Kier alpha value is -3.15. The monoisotopic (exact) mass is 443 g/mol. The van der Waals surface area contributed by atoms with Crippen LogP contribution >= 0.6 is 0 Å². The maximum Gasteiger partial charge on any atom is 0.230 e. The van der Waals surface area contributed by atoms with Crippen LogP contribution < -0.4 is 10.1 Å². The number of amides is 1. The first-order valence-corrected chi connectivity index (χ1v) is 11.9. The molecule has 6 nitrogen and oxygen atoms in total. The summed E-state index contributed by atoms with van der Waals surface area (Å²) >= 11 is 0. The number of aromatic nitrogens is 2. The van der Waals surface area contributed by atoms with Crippen molar-refractivity contribution >= 4 is 11.6 Å². The molecule has 1 amide bonds. The van der Waals surface area contributed by atoms with Gasteiger partial charge in [0, 0.05) is 5.69 Å². The first-order chi connectivity index (χ1) is 16.1. The molecule has 2 aromatic carbocycles. The normalized spacial score (nSPS) is 26.8. The smallest absolute Gasteiger partial charge is 0.230 e. The van der Waals surface area contributed by atoms with Gasteiger partial charge < -0.3 is 14.6 Å². The van der Waals surface area contributed by atoms with Crippen molar-refractivity contribution < 1.29 is 14.1 Å². The second-order valence-electron chi connectivity index (χ2n) is 10.0. The highest BCUT2D eigenvalue weighted by molar-refractivity contribution is 5.93. The quantitative estimate of drug-likeness (QED) is 0.564. The van der Waals surface area contributed by atoms with E-state index < -0.39 is 0 Å². The molecule has 0 radical (unpaired) electrons. The molecular formula is C27H29N3O3. The van der Waals surface area contributed by atoms with E-state index >= 15 is 0 Å². The van der Waals surface area contributed by atoms with Gasteiger partial charge in [0.15, 0.2) is 5.82 Å². The molecule has 0 saturated heterocycles. The van der Waals surface area contributed by atoms with E-state index in [0.29, 0.717) is 17.7 Å². The van der Waals surface area contributed by atoms with Crippen molar-refractivity contribution in [2.24, 2.45) is 17.8 Å². The predicted molar refractivity (Wildman–Crippen MR) is 124 cm³/mol. The van der Waals surface area contributed by atoms with Gasteiger partial charge in [-0.25, -0.2) is 0 Å². The average Bonchev–Trinajstić information content (AvgIpc) is 3.16. The molecular weight excluding hydrogens is 414 g/mol. The second-order valence-corrected chi connectivity index (χ2v) is 10.0. The summed E-state index contributed by atoms with van der Waals surface area (Å²) < 4.78 is 11.2. The fourth-order valence-electron chi connectivity index (χ4n) is 6.21. The minimum absolute atomic E-state index is 0.00137. The molecule has 0 aliphatic heterocycles. The van der Waals surface area contributed by atoms with Gasteiger partial charge in [-0.15, -0.1) is 0 Å². The number of nitrogens with one attached hydrogen (secondary N) is 1. The molecule has 3 saturated carbocycles. The summed E-state index contributed by atoms with van der Waals surface area (Å²) in [6.45, 7) is 2.03. The predicted octanol–water partition coefficient (Wildman–Crippen LogP) is 5.23. The molecule has 170 valence electrons. The van der Waals surface area contributed by atoms with Gasteiger partial charge in [-0.3, -0.25) is 4.79 Å². The van der Waals surface area contributed by atoms with Crippen LogP contribution in [0.25, 0.3) is 0 Å². The fourth-order valence-corrected chi connectivity index (χ4v) is 6.21. The van der Waals surface area contributed by atoms with Crippen molar-refractivity contribution in [2.75, 3.05) is 12.4 Å². The number of aryl methyl sites for hydroxylation is 1. The summed E-state index contributed by atoms with van der Waals surface area (Å²) in [5.41, 5.74) is 3.00. The molecule has 6 rings (SSSR count). The first-order valence-electron chi connectivity index (χ1n) is 11.9. The van der Waals surface area contributed by atoms with Crippen molar-refractivity contribution in [3.8, 4) is 5.75 Å². The summed E-state index contributed by atoms with van der Waals surface area (Å²) in [5, 5.41) is 7.59. The van der Waals surface area contributed by atoms with Crippen LogP contribution in [-0.4, -0.2) is 23.2 Å². The van der Waals surface area contributed by atoms with E-state index in [4.69, 9.17) is 14.2 Å². The highest BCUT2D eigenvalue weighted by atomic mass is 16.5. The number of methoxy groups -OCH3 is 1. The number of carbonyl (C=O) groups excluding carboxylic acids is 1. The summed E-state index contributed by atoms with van der Waals surface area (Å²) in [6.07, 6.45) is 5.31. The van der Waals surface area contributed by atoms with Crippen molar-refractivity contribution in [2.45, 2.75) is 50.4 Å². The minimum atomic E-state index is -0.176. The van der Waals surface area contributed by atoms with Crippen LogP contribution in [0, 0.1) is 24.7 Å². The third kappa shape index (κ3) is 3.43. The van der Waals surface area contributed by atoms with Crippen LogP contribution in [0.3, 0.4) is 0 Å². The Labute approximate surface area is 193 Å². The molecule has 1 N–H and O–H groups in total. The first kappa shape index (κ1) is 20.5. The molecule has 1 heterocycles. The molecule has 0 unspecified atom stereocenters. The van der Waals surface area contributed by atoms with E-state index in [0.717, 1.165) is 54.9 Å². The van der Waals surface area contributed by atoms with Gasteiger partial charge in [-0.1, -0.05) is 29.4 Å². The number of benzene rings is 2. The molecule has 4 atom stereocenters. The van der Waals surface area contributed by atoms with E-state index in [-0.39, 0.29) is 23.2 Å². The largest absolute Gasteiger partial charge is 0.497 e. The summed E-state index contributed by atoms with van der Waals surface area (Å²) in [4.78, 5) is 18.3. The molecule has 0 spiro atoms. The third-order valence-corrected chi connectivity index (χ3v) is 8.05. The number of ether oxygens (including phenoxy) is 1. The number of anilines is 1. The minimum Gasteiger partial charge on any atom is -0.497 e. The lowest BCUT2D eigenvalue weighted by Crippen LogP contribution is -2.33. The third-order valence-electron chi connectivity index (χ3n) is 8.05. The number of fused-ring (bicyclic) bond motifs is 2. The molecule has 3 aliphatic rings. The Morgan fingerprint density at radius 3 is 2.64 bits per heavy atom. The van der Waals surface area contributed by atoms with Gasteiger partial charge in [-0.05, 0) is 86.3 Å². The Bertz CT molecular complexity index is 1180. The second kappa shape index (κ2) is 7.72. The van der Waals surface area contributed by atoms with Gasteiger partial charge >= 0.3 is 0 Å². The lowest BCUT2D eigenvalue weighted by molar-refractivity contribution is -0.122. The average molecular weight is 444 g/mol. The number of hydrogen-bond donors (Lipinski definition) is 1. The number of hydrogen-bond acceptors (Lipinski definition) is 5. The Kier molecular flexibility index (Phi) is 4.78. The van der Waals surface area contributed by atoms with E-state index in [9.17, 15) is 4.79 Å². The highest BCUT2D eigenvalue weighted by Gasteiger charge is 2.55. The van der Waals surface area contributed by atoms with Crippen LogP contribution in [-0.2, 0) is 10.2 Å². The number of carbonyl (C=O) groups is 1. The zero-order valence-corrected chi connectivity index (χ0v) is 19.1. The van der Waals surface area contributed by atoms with E-state index in [1.807, 2.05) is 43.3 Å². The Morgan fingerprint density at radius 1 is 1.12 bits per heavy atom. The number of nitrogens with zero attached hydrogens (tertiary/aromatic N) is 2. The summed E-state index contributed by atoms with van der Waals surface area (Å²) in [6, 6.07) is 16.1. The van der Waals surface area contributed by atoms with Crippen LogP contribution in [0.1, 0.15) is 60.9 Å². The molecule has 33 heavy (non-hydrogen) atoms. The van der Waals surface area contributed by atoms with Crippen molar-refractivity contribution in [3.05, 3.63) is 71.4 Å². The van der Waals surface area contributed by atoms with Crippen molar-refractivity contribution in [3.63, 3.8) is 0 Å². The highest BCUT2D eigenvalue weighted by Crippen LogP contribution is 2.58. The van der Waals surface area contributed by atoms with E-state index in [2.05, 4.69) is 22.6 Å². The number of rotatable bonds is 6. The van der Waals surface area contributed by atoms with Crippen molar-refractivity contribution in [1.29, 1.82) is 0 Å². The topological polar surface area (TPSA) is 77.2 Å². The van der Waals surface area contributed by atoms with Gasteiger partial charge in [0.2, 0.25) is 11.8 Å². The van der Waals surface area contributed by atoms with Crippen LogP contribution in [0.5, 0.6) is 5.75 Å². The maximum absolute atomic E-state index is 13.4.